The Morgan fingerprint density at radius 3 is 2.76 bits per heavy atom. The molecular formula is C21H30N2O2. The lowest BCUT2D eigenvalue weighted by Crippen LogP contribution is -2.40. The molecule has 2 bridgehead atoms. The summed E-state index contributed by atoms with van der Waals surface area (Å²) in [7, 11) is 0. The van der Waals surface area contributed by atoms with Crippen LogP contribution in [0.2, 0.25) is 0 Å². The van der Waals surface area contributed by atoms with E-state index >= 15 is 0 Å². The minimum atomic E-state index is -0.442. The molecule has 3 aliphatic rings. The van der Waals surface area contributed by atoms with Crippen LogP contribution in [0, 0.1) is 11.8 Å². The fraction of sp³-hybridized carbons (Fsp3) is 0.667. The number of benzene rings is 1. The Labute approximate surface area is 150 Å². The van der Waals surface area contributed by atoms with Gasteiger partial charge in [-0.3, -0.25) is 0 Å². The Bertz CT molecular complexity index is 664. The first-order valence-corrected chi connectivity index (χ1v) is 9.74. The molecular weight excluding hydrogens is 312 g/mol. The highest BCUT2D eigenvalue weighted by molar-refractivity contribution is 5.69. The molecule has 136 valence electrons. The van der Waals surface area contributed by atoms with Crippen molar-refractivity contribution in [3.63, 3.8) is 0 Å². The van der Waals surface area contributed by atoms with Gasteiger partial charge in [-0.2, -0.15) is 0 Å². The predicted molar refractivity (Wildman–Crippen MR) is 99.6 cm³/mol. The summed E-state index contributed by atoms with van der Waals surface area (Å²) in [5.74, 6) is 1.81. The third-order valence-corrected chi connectivity index (χ3v) is 6.00. The normalized spacial score (nSPS) is 28.0. The van der Waals surface area contributed by atoms with Crippen molar-refractivity contribution >= 4 is 11.8 Å². The Balaban J connectivity index is 1.46. The van der Waals surface area contributed by atoms with Gasteiger partial charge in [0.25, 0.3) is 0 Å². The number of ether oxygens (including phenoxy) is 1. The highest BCUT2D eigenvalue weighted by Crippen LogP contribution is 2.46. The summed E-state index contributed by atoms with van der Waals surface area (Å²) in [6, 6.07) is 7.13. The summed E-state index contributed by atoms with van der Waals surface area (Å²) < 4.78 is 5.53. The summed E-state index contributed by atoms with van der Waals surface area (Å²) in [6.07, 6.45) is 6.27. The van der Waals surface area contributed by atoms with E-state index in [9.17, 15) is 4.79 Å². The number of rotatable bonds is 2. The molecule has 0 spiro atoms. The zero-order valence-corrected chi connectivity index (χ0v) is 15.7. The van der Waals surface area contributed by atoms with E-state index in [2.05, 4.69) is 23.5 Å². The summed E-state index contributed by atoms with van der Waals surface area (Å²) in [4.78, 5) is 14.2. The number of nitrogens with zero attached hydrogens (tertiary/aromatic N) is 1. The zero-order chi connectivity index (χ0) is 17.6. The highest BCUT2D eigenvalue weighted by atomic mass is 16.6. The molecule has 4 nitrogen and oxygen atoms in total. The number of carbonyl (C=O) groups excluding carboxylic acids is 1. The summed E-state index contributed by atoms with van der Waals surface area (Å²) in [6.45, 7) is 7.13. The van der Waals surface area contributed by atoms with Gasteiger partial charge in [-0.25, -0.2) is 4.79 Å². The maximum absolute atomic E-state index is 12.4. The Morgan fingerprint density at radius 2 is 2.08 bits per heavy atom. The van der Waals surface area contributed by atoms with Gasteiger partial charge < -0.3 is 15.0 Å². The van der Waals surface area contributed by atoms with E-state index < -0.39 is 5.60 Å². The average molecular weight is 342 g/mol. The average Bonchev–Trinajstić information content (AvgIpc) is 3.16. The van der Waals surface area contributed by atoms with E-state index in [0.29, 0.717) is 12.6 Å². The molecule has 0 radical (unpaired) electrons. The van der Waals surface area contributed by atoms with Gasteiger partial charge in [0.15, 0.2) is 0 Å². The smallest absolute Gasteiger partial charge is 0.410 e. The minimum absolute atomic E-state index is 0.204. The molecule has 2 fully saturated rings. The molecule has 3 unspecified atom stereocenters. The highest BCUT2D eigenvalue weighted by Gasteiger charge is 2.39. The lowest BCUT2D eigenvalue weighted by Gasteiger charge is -2.33. The molecule has 2 aliphatic carbocycles. The molecule has 1 aromatic carbocycles. The van der Waals surface area contributed by atoms with Gasteiger partial charge in [0.05, 0.1) is 0 Å². The number of anilines is 1. The molecule has 1 aromatic rings. The molecule has 1 heterocycles. The molecule has 1 amide bonds. The van der Waals surface area contributed by atoms with Gasteiger partial charge in [0.2, 0.25) is 0 Å². The van der Waals surface area contributed by atoms with Crippen molar-refractivity contribution in [3.8, 4) is 0 Å². The molecule has 4 rings (SSSR count). The number of fused-ring (bicyclic) bond motifs is 3. The van der Waals surface area contributed by atoms with Crippen molar-refractivity contribution in [2.24, 2.45) is 11.8 Å². The second-order valence-electron chi connectivity index (χ2n) is 9.02. The molecule has 4 heteroatoms. The van der Waals surface area contributed by atoms with Crippen LogP contribution in [0.25, 0.3) is 0 Å². The van der Waals surface area contributed by atoms with E-state index in [1.165, 1.54) is 42.5 Å². The zero-order valence-electron chi connectivity index (χ0n) is 15.7. The largest absolute Gasteiger partial charge is 0.444 e. The van der Waals surface area contributed by atoms with Gasteiger partial charge in [-0.1, -0.05) is 18.6 Å². The number of hydrogen-bond acceptors (Lipinski definition) is 3. The van der Waals surface area contributed by atoms with Crippen LogP contribution in [0.15, 0.2) is 18.2 Å². The van der Waals surface area contributed by atoms with Gasteiger partial charge in [-0.15, -0.1) is 0 Å². The van der Waals surface area contributed by atoms with Crippen LogP contribution in [-0.4, -0.2) is 29.2 Å². The maximum Gasteiger partial charge on any atom is 0.410 e. The lowest BCUT2D eigenvalue weighted by atomic mass is 9.93. The van der Waals surface area contributed by atoms with Crippen molar-refractivity contribution in [3.05, 3.63) is 29.3 Å². The minimum Gasteiger partial charge on any atom is -0.444 e. The standard InChI is InChI=1S/C21H30N2O2/c1-21(2,3)25-20(24)23-10-9-17-16(13-23)5-4-6-18(17)22-19-12-14-7-8-15(19)11-14/h4-6,14-15,19,22H,7-13H2,1-3H3. The first kappa shape index (κ1) is 16.7. The number of carbonyl (C=O) groups is 1. The summed E-state index contributed by atoms with van der Waals surface area (Å²) in [5.41, 5.74) is 3.50. The Hall–Kier alpha value is -1.71. The SMILES string of the molecule is CC(C)(C)OC(=O)N1CCc2c(cccc2NC2CC3CCC2C3)C1. The van der Waals surface area contributed by atoms with Crippen LogP contribution >= 0.6 is 0 Å². The number of nitrogens with one attached hydrogen (secondary N) is 1. The number of amides is 1. The first-order chi connectivity index (χ1) is 11.9. The van der Waals surface area contributed by atoms with Crippen molar-refractivity contribution in [1.82, 2.24) is 4.90 Å². The Morgan fingerprint density at radius 1 is 1.24 bits per heavy atom. The molecule has 0 saturated heterocycles. The fourth-order valence-electron chi connectivity index (χ4n) is 4.85. The van der Waals surface area contributed by atoms with Crippen molar-refractivity contribution < 1.29 is 9.53 Å². The second kappa shape index (κ2) is 6.22. The number of hydrogen-bond donors (Lipinski definition) is 1. The predicted octanol–water partition coefficient (Wildman–Crippen LogP) is 4.58. The second-order valence-corrected chi connectivity index (χ2v) is 9.02. The van der Waals surface area contributed by atoms with E-state index in [0.717, 1.165) is 24.8 Å². The molecule has 0 aromatic heterocycles. The fourth-order valence-corrected chi connectivity index (χ4v) is 4.85. The molecule has 3 atom stereocenters. The third kappa shape index (κ3) is 3.49. The van der Waals surface area contributed by atoms with Gasteiger partial charge in [-0.05, 0) is 75.5 Å². The quantitative estimate of drug-likeness (QED) is 0.855. The van der Waals surface area contributed by atoms with Crippen LogP contribution in [0.5, 0.6) is 0 Å². The van der Waals surface area contributed by atoms with Gasteiger partial charge >= 0.3 is 6.09 Å². The van der Waals surface area contributed by atoms with Crippen LogP contribution in [0.3, 0.4) is 0 Å². The van der Waals surface area contributed by atoms with E-state index in [-0.39, 0.29) is 6.09 Å². The van der Waals surface area contributed by atoms with Crippen LogP contribution in [0.4, 0.5) is 10.5 Å². The molecule has 25 heavy (non-hydrogen) atoms. The van der Waals surface area contributed by atoms with Crippen molar-refractivity contribution in [2.45, 2.75) is 71.1 Å². The van der Waals surface area contributed by atoms with Gasteiger partial charge in [0, 0.05) is 24.8 Å². The van der Waals surface area contributed by atoms with Gasteiger partial charge in [0.1, 0.15) is 5.60 Å². The van der Waals surface area contributed by atoms with E-state index in [1.807, 2.05) is 25.7 Å². The molecule has 1 N–H and O–H groups in total. The summed E-state index contributed by atoms with van der Waals surface area (Å²) >= 11 is 0. The first-order valence-electron chi connectivity index (χ1n) is 9.74. The Kier molecular flexibility index (Phi) is 4.17. The topological polar surface area (TPSA) is 41.6 Å². The van der Waals surface area contributed by atoms with E-state index in [1.54, 1.807) is 0 Å². The van der Waals surface area contributed by atoms with Crippen molar-refractivity contribution in [1.29, 1.82) is 0 Å². The lowest BCUT2D eigenvalue weighted by molar-refractivity contribution is 0.0224. The van der Waals surface area contributed by atoms with Crippen LogP contribution in [0.1, 0.15) is 57.6 Å². The molecule has 2 saturated carbocycles. The molecule has 1 aliphatic heterocycles. The van der Waals surface area contributed by atoms with Crippen molar-refractivity contribution in [2.75, 3.05) is 11.9 Å². The monoisotopic (exact) mass is 342 g/mol. The van der Waals surface area contributed by atoms with Crippen LogP contribution < -0.4 is 5.32 Å². The van der Waals surface area contributed by atoms with E-state index in [4.69, 9.17) is 4.74 Å². The maximum atomic E-state index is 12.4. The van der Waals surface area contributed by atoms with Crippen LogP contribution in [-0.2, 0) is 17.7 Å². The third-order valence-electron chi connectivity index (χ3n) is 6.00. The summed E-state index contributed by atoms with van der Waals surface area (Å²) in [5, 5.41) is 3.85.